The van der Waals surface area contributed by atoms with E-state index < -0.39 is 30.1 Å². The van der Waals surface area contributed by atoms with E-state index in [-0.39, 0.29) is 21.7 Å². The van der Waals surface area contributed by atoms with Crippen LogP contribution in [0.2, 0.25) is 5.02 Å². The minimum atomic E-state index is -4.54. The van der Waals surface area contributed by atoms with Gasteiger partial charge in [0.1, 0.15) is 16.9 Å². The number of nitrogens with one attached hydrogen (secondary N) is 1. The highest BCUT2D eigenvalue weighted by Crippen LogP contribution is 2.30. The molecular formula is C15H9ClF4N4O2. The van der Waals surface area contributed by atoms with Crippen molar-refractivity contribution in [2.45, 2.75) is 6.18 Å². The number of aromatic nitrogens is 3. The van der Waals surface area contributed by atoms with Crippen LogP contribution in [0.1, 0.15) is 5.56 Å². The van der Waals surface area contributed by atoms with Crippen LogP contribution in [0.3, 0.4) is 0 Å². The molecule has 1 heterocycles. The predicted octanol–water partition coefficient (Wildman–Crippen LogP) is 3.31. The fourth-order valence-electron chi connectivity index (χ4n) is 2.06. The zero-order valence-electron chi connectivity index (χ0n) is 12.7. The number of hydrogen-bond donors (Lipinski definition) is 1. The van der Waals surface area contributed by atoms with Gasteiger partial charge >= 0.3 is 6.18 Å². The van der Waals surface area contributed by atoms with Gasteiger partial charge in [-0.25, -0.2) is 4.39 Å². The fraction of sp³-hybridized carbons (Fsp3) is 0.133. The van der Waals surface area contributed by atoms with E-state index in [0.29, 0.717) is 0 Å². The molecule has 0 aliphatic carbocycles. The molecule has 136 valence electrons. The van der Waals surface area contributed by atoms with E-state index in [1.165, 1.54) is 12.1 Å². The number of carbonyl (C=O) groups is 1. The van der Waals surface area contributed by atoms with Gasteiger partial charge < -0.3 is 10.2 Å². The Hall–Kier alpha value is -2.88. The van der Waals surface area contributed by atoms with E-state index in [4.69, 9.17) is 16.4 Å². The van der Waals surface area contributed by atoms with Gasteiger partial charge in [-0.2, -0.15) is 13.2 Å². The topological polar surface area (TPSA) is 69.0 Å². The lowest BCUT2D eigenvalue weighted by atomic mass is 10.2. The number of alkyl halides is 3. The summed E-state index contributed by atoms with van der Waals surface area (Å²) in [5.41, 5.74) is -0.545. The highest BCUT2D eigenvalue weighted by molar-refractivity contribution is 6.31. The van der Waals surface area contributed by atoms with Crippen LogP contribution in [0.5, 0.6) is 0 Å². The monoisotopic (exact) mass is 388 g/mol. The molecule has 0 radical (unpaired) electrons. The molecule has 0 saturated carbocycles. The van der Waals surface area contributed by atoms with E-state index >= 15 is 0 Å². The Balaban J connectivity index is 1.70. The average Bonchev–Trinajstić information content (AvgIpc) is 2.98. The maximum atomic E-state index is 13.1. The molecule has 26 heavy (non-hydrogen) atoms. The number of benzene rings is 2. The van der Waals surface area contributed by atoms with Gasteiger partial charge in [-0.1, -0.05) is 16.4 Å². The maximum absolute atomic E-state index is 13.1. The highest BCUT2D eigenvalue weighted by atomic mass is 35.5. The molecule has 0 spiro atoms. The summed E-state index contributed by atoms with van der Waals surface area (Å²) in [6.45, 7) is -0.566. The lowest BCUT2D eigenvalue weighted by molar-refractivity contribution is -0.137. The summed E-state index contributed by atoms with van der Waals surface area (Å²) in [5, 5.41) is 9.43. The number of hydrogen-bond acceptors (Lipinski definition) is 4. The molecule has 0 atom stereocenters. The van der Waals surface area contributed by atoms with Gasteiger partial charge in [0, 0.05) is 5.69 Å². The van der Waals surface area contributed by atoms with Gasteiger partial charge in [0.15, 0.2) is 6.61 Å². The molecule has 3 rings (SSSR count). The highest BCUT2D eigenvalue weighted by Gasteiger charge is 2.31. The van der Waals surface area contributed by atoms with Gasteiger partial charge in [-0.05, 0) is 41.6 Å². The first-order valence-corrected chi connectivity index (χ1v) is 7.43. The second-order valence-electron chi connectivity index (χ2n) is 5.11. The Morgan fingerprint density at radius 3 is 2.69 bits per heavy atom. The Kier molecular flexibility index (Phi) is 4.68. The third-order valence-corrected chi connectivity index (χ3v) is 3.55. The minimum Gasteiger partial charge on any atom is -0.385 e. The maximum Gasteiger partial charge on any atom is 0.416 e. The van der Waals surface area contributed by atoms with Crippen molar-refractivity contribution in [2.24, 2.45) is 0 Å². The lowest BCUT2D eigenvalue weighted by Gasteiger charge is -2.09. The van der Waals surface area contributed by atoms with Gasteiger partial charge in [0.25, 0.3) is 5.91 Å². The summed E-state index contributed by atoms with van der Waals surface area (Å²) >= 11 is 5.60. The molecule has 0 fully saturated rings. The molecule has 0 saturated heterocycles. The van der Waals surface area contributed by atoms with Crippen molar-refractivity contribution >= 4 is 34.2 Å². The van der Waals surface area contributed by atoms with Crippen molar-refractivity contribution in [3.63, 3.8) is 0 Å². The average molecular weight is 389 g/mol. The van der Waals surface area contributed by atoms with E-state index in [0.717, 1.165) is 29.1 Å². The quantitative estimate of drug-likeness (QED) is 0.696. The van der Waals surface area contributed by atoms with E-state index in [9.17, 15) is 22.4 Å². The molecule has 0 unspecified atom stereocenters. The predicted molar refractivity (Wildman–Crippen MR) is 84.0 cm³/mol. The molecule has 11 heteroatoms. The van der Waals surface area contributed by atoms with Gasteiger partial charge in [0.05, 0.1) is 10.6 Å². The third-order valence-electron chi connectivity index (χ3n) is 3.26. The first-order valence-electron chi connectivity index (χ1n) is 7.05. The number of halogens is 5. The zero-order valence-corrected chi connectivity index (χ0v) is 13.5. The van der Waals surface area contributed by atoms with E-state index in [2.05, 4.69) is 15.6 Å². The number of fused-ring (bicyclic) bond motifs is 1. The minimum absolute atomic E-state index is 0.0440. The Morgan fingerprint density at radius 1 is 1.23 bits per heavy atom. The van der Waals surface area contributed by atoms with Gasteiger partial charge in [0.2, 0.25) is 0 Å². The summed E-state index contributed by atoms with van der Waals surface area (Å²) in [6.07, 6.45) is -4.54. The van der Waals surface area contributed by atoms with E-state index in [1.54, 1.807) is 0 Å². The number of nitrogens with zero attached hydrogens (tertiary/aromatic N) is 3. The standard InChI is InChI=1S/C15H9ClF4N4O2/c16-10-6-9(2-3-11(10)17)21-14(25)7-26-24-13-5-8(15(18,19)20)1-4-12(13)22-23-24/h1-6H,7H2,(H,21,25). The zero-order chi connectivity index (χ0) is 18.9. The van der Waals surface area contributed by atoms with Crippen LogP contribution >= 0.6 is 11.6 Å². The smallest absolute Gasteiger partial charge is 0.385 e. The largest absolute Gasteiger partial charge is 0.416 e. The van der Waals surface area contributed by atoms with Crippen LogP contribution in [-0.4, -0.2) is 27.7 Å². The van der Waals surface area contributed by atoms with Crippen molar-refractivity contribution in [3.8, 4) is 0 Å². The van der Waals surface area contributed by atoms with Crippen molar-refractivity contribution in [1.82, 2.24) is 15.2 Å². The van der Waals surface area contributed by atoms with Crippen LogP contribution in [0.4, 0.5) is 23.2 Å². The summed E-state index contributed by atoms with van der Waals surface area (Å²) in [5.74, 6) is -1.29. The Bertz CT molecular complexity index is 974. The molecule has 6 nitrogen and oxygen atoms in total. The van der Waals surface area contributed by atoms with Crippen molar-refractivity contribution in [1.29, 1.82) is 0 Å². The molecular weight excluding hydrogens is 380 g/mol. The molecule has 0 aliphatic rings. The fourth-order valence-corrected chi connectivity index (χ4v) is 2.24. The molecule has 1 aromatic heterocycles. The van der Waals surface area contributed by atoms with Crippen molar-refractivity contribution < 1.29 is 27.2 Å². The van der Waals surface area contributed by atoms with Crippen LogP contribution in [0.25, 0.3) is 11.0 Å². The summed E-state index contributed by atoms with van der Waals surface area (Å²) in [7, 11) is 0. The summed E-state index contributed by atoms with van der Waals surface area (Å²) in [4.78, 5) is 17.6. The normalized spacial score (nSPS) is 11.6. The number of amides is 1. The van der Waals surface area contributed by atoms with E-state index in [1.807, 2.05) is 0 Å². The van der Waals surface area contributed by atoms with Crippen LogP contribution in [0.15, 0.2) is 36.4 Å². The third kappa shape index (κ3) is 3.85. The molecule has 1 N–H and O–H groups in total. The first kappa shape index (κ1) is 17.9. The van der Waals surface area contributed by atoms with Crippen molar-refractivity contribution in [2.75, 3.05) is 11.9 Å². The lowest BCUT2D eigenvalue weighted by Crippen LogP contribution is -2.26. The van der Waals surface area contributed by atoms with Gasteiger partial charge in [-0.3, -0.25) is 4.79 Å². The molecule has 3 aromatic rings. The Morgan fingerprint density at radius 2 is 2.00 bits per heavy atom. The summed E-state index contributed by atoms with van der Waals surface area (Å²) < 4.78 is 51.4. The van der Waals surface area contributed by atoms with Crippen molar-refractivity contribution in [3.05, 3.63) is 52.8 Å². The first-order chi connectivity index (χ1) is 12.2. The number of carbonyl (C=O) groups excluding carboxylic acids is 1. The Labute approximate surface area is 148 Å². The van der Waals surface area contributed by atoms with Crippen LogP contribution in [-0.2, 0) is 11.0 Å². The molecule has 0 bridgehead atoms. The second kappa shape index (κ2) is 6.79. The van der Waals surface area contributed by atoms with Crippen LogP contribution in [0, 0.1) is 5.82 Å². The number of rotatable bonds is 4. The second-order valence-corrected chi connectivity index (χ2v) is 5.52. The molecule has 2 aromatic carbocycles. The molecule has 1 amide bonds. The van der Waals surface area contributed by atoms with Crippen LogP contribution < -0.4 is 10.2 Å². The molecule has 0 aliphatic heterocycles. The van der Waals surface area contributed by atoms with Gasteiger partial charge in [-0.15, -0.1) is 5.10 Å². The number of anilines is 1. The summed E-state index contributed by atoms with van der Waals surface area (Å²) in [6, 6.07) is 6.39. The SMILES string of the molecule is O=C(COn1nnc2ccc(C(F)(F)F)cc21)Nc1ccc(F)c(Cl)c1.